The van der Waals surface area contributed by atoms with Crippen molar-refractivity contribution in [2.75, 3.05) is 25.4 Å². The molecule has 3 heterocycles. The van der Waals surface area contributed by atoms with E-state index in [0.29, 0.717) is 24.8 Å². The Hall–Kier alpha value is -2.16. The highest BCUT2D eigenvalue weighted by molar-refractivity contribution is 7.98. The van der Waals surface area contributed by atoms with Crippen LogP contribution in [-0.4, -0.2) is 46.3 Å². The van der Waals surface area contributed by atoms with Gasteiger partial charge in [-0.1, -0.05) is 41.6 Å². The topological polar surface area (TPSA) is 71.3 Å². The van der Waals surface area contributed by atoms with Gasteiger partial charge in [-0.15, -0.1) is 11.3 Å². The van der Waals surface area contributed by atoms with Crippen LogP contribution in [0.4, 0.5) is 0 Å². The Balaban J connectivity index is 1.18. The van der Waals surface area contributed by atoms with Crippen LogP contribution in [0.1, 0.15) is 24.3 Å². The van der Waals surface area contributed by atoms with E-state index in [1.165, 1.54) is 5.56 Å². The van der Waals surface area contributed by atoms with E-state index in [2.05, 4.69) is 44.6 Å². The third-order valence-corrected chi connectivity index (χ3v) is 7.00. The van der Waals surface area contributed by atoms with E-state index < -0.39 is 0 Å². The Bertz CT molecular complexity index is 914. The van der Waals surface area contributed by atoms with Crippen molar-refractivity contribution in [1.29, 1.82) is 0 Å². The number of carbonyl (C=O) groups is 1. The predicted molar refractivity (Wildman–Crippen MR) is 121 cm³/mol. The Kier molecular flexibility index (Phi) is 7.55. The molecule has 1 fully saturated rings. The number of benzene rings is 1. The molecule has 0 bridgehead atoms. The summed E-state index contributed by atoms with van der Waals surface area (Å²) in [5.41, 5.74) is 1.32. The lowest BCUT2D eigenvalue weighted by atomic mass is 9.97. The highest BCUT2D eigenvalue weighted by atomic mass is 32.2. The van der Waals surface area contributed by atoms with Gasteiger partial charge in [0.05, 0.1) is 17.3 Å². The van der Waals surface area contributed by atoms with Crippen LogP contribution < -0.4 is 5.32 Å². The summed E-state index contributed by atoms with van der Waals surface area (Å²) in [5.74, 6) is 3.33. The number of hydrogen-bond acceptors (Lipinski definition) is 7. The average molecular weight is 443 g/mol. The van der Waals surface area contributed by atoms with Crippen molar-refractivity contribution in [2.24, 2.45) is 5.92 Å². The van der Waals surface area contributed by atoms with Crippen molar-refractivity contribution in [3.63, 3.8) is 0 Å². The Morgan fingerprint density at radius 2 is 2.17 bits per heavy atom. The summed E-state index contributed by atoms with van der Waals surface area (Å²) in [4.78, 5) is 20.3. The molecule has 1 aliphatic heterocycles. The maximum Gasteiger partial charge on any atom is 0.241 e. The molecule has 1 unspecified atom stereocenters. The van der Waals surface area contributed by atoms with E-state index in [0.717, 1.165) is 42.3 Å². The van der Waals surface area contributed by atoms with Crippen LogP contribution in [0.25, 0.3) is 10.7 Å². The number of hydrogen-bond donors (Lipinski definition) is 1. The van der Waals surface area contributed by atoms with Gasteiger partial charge in [0.2, 0.25) is 17.6 Å². The van der Waals surface area contributed by atoms with Crippen molar-refractivity contribution in [3.05, 3.63) is 59.3 Å². The molecular weight excluding hydrogens is 416 g/mol. The van der Waals surface area contributed by atoms with Crippen LogP contribution in [0, 0.1) is 5.92 Å². The first kappa shape index (κ1) is 21.1. The quantitative estimate of drug-likeness (QED) is 0.504. The molecule has 1 amide bonds. The summed E-state index contributed by atoms with van der Waals surface area (Å²) in [6.45, 7) is 2.99. The minimum absolute atomic E-state index is 0.0255. The first-order valence-corrected chi connectivity index (χ1v) is 12.3. The first-order valence-electron chi connectivity index (χ1n) is 10.3. The molecule has 1 aromatic carbocycles. The number of piperidine rings is 1. The molecule has 6 nitrogen and oxygen atoms in total. The van der Waals surface area contributed by atoms with Crippen LogP contribution in [0.5, 0.6) is 0 Å². The van der Waals surface area contributed by atoms with Crippen LogP contribution >= 0.6 is 23.1 Å². The number of thiophene rings is 1. The van der Waals surface area contributed by atoms with Crippen LogP contribution in [0.3, 0.4) is 0 Å². The van der Waals surface area contributed by atoms with Crippen LogP contribution in [0.15, 0.2) is 52.4 Å². The molecule has 4 rings (SSSR count). The number of nitrogens with zero attached hydrogens (tertiary/aromatic N) is 3. The minimum atomic E-state index is 0.0255. The van der Waals surface area contributed by atoms with Crippen molar-refractivity contribution < 1.29 is 9.32 Å². The number of likely N-dealkylation sites (tertiary alicyclic amines) is 1. The van der Waals surface area contributed by atoms with Crippen LogP contribution in [0.2, 0.25) is 0 Å². The lowest BCUT2D eigenvalue weighted by molar-refractivity contribution is -0.126. The number of rotatable bonds is 9. The van der Waals surface area contributed by atoms with Gasteiger partial charge in [-0.05, 0) is 36.4 Å². The normalized spacial score (nSPS) is 17.1. The molecule has 158 valence electrons. The van der Waals surface area contributed by atoms with E-state index in [1.807, 2.05) is 35.3 Å². The second-order valence-corrected chi connectivity index (χ2v) is 9.45. The lowest BCUT2D eigenvalue weighted by Crippen LogP contribution is -2.43. The molecule has 30 heavy (non-hydrogen) atoms. The fraction of sp³-hybridized carbons (Fsp3) is 0.409. The summed E-state index contributed by atoms with van der Waals surface area (Å²) in [6.07, 6.45) is 1.94. The lowest BCUT2D eigenvalue weighted by Gasteiger charge is -2.30. The van der Waals surface area contributed by atoms with Gasteiger partial charge in [0.25, 0.3) is 0 Å². The Morgan fingerprint density at radius 3 is 3.00 bits per heavy atom. The summed E-state index contributed by atoms with van der Waals surface area (Å²) < 4.78 is 5.42. The molecule has 0 radical (unpaired) electrons. The highest BCUT2D eigenvalue weighted by Crippen LogP contribution is 2.23. The van der Waals surface area contributed by atoms with Gasteiger partial charge in [0, 0.05) is 24.6 Å². The number of carbonyl (C=O) groups excluding carboxylic acids is 1. The monoisotopic (exact) mass is 442 g/mol. The van der Waals surface area contributed by atoms with E-state index in [9.17, 15) is 4.79 Å². The van der Waals surface area contributed by atoms with Crippen molar-refractivity contribution in [1.82, 2.24) is 20.4 Å². The zero-order chi connectivity index (χ0) is 20.6. The van der Waals surface area contributed by atoms with Crippen LogP contribution in [-0.2, 0) is 17.1 Å². The van der Waals surface area contributed by atoms with Gasteiger partial charge >= 0.3 is 0 Å². The maximum absolute atomic E-state index is 12.6. The fourth-order valence-electron chi connectivity index (χ4n) is 3.58. The van der Waals surface area contributed by atoms with Gasteiger partial charge < -0.3 is 9.84 Å². The second kappa shape index (κ2) is 10.7. The number of aromatic nitrogens is 2. The third kappa shape index (κ3) is 5.93. The first-order chi connectivity index (χ1) is 14.8. The molecule has 1 saturated heterocycles. The zero-order valence-electron chi connectivity index (χ0n) is 16.8. The highest BCUT2D eigenvalue weighted by Gasteiger charge is 2.26. The number of nitrogens with one attached hydrogen (secondary N) is 1. The molecule has 0 aliphatic carbocycles. The van der Waals surface area contributed by atoms with Crippen molar-refractivity contribution >= 4 is 29.0 Å². The fourth-order valence-corrected chi connectivity index (χ4v) is 5.05. The van der Waals surface area contributed by atoms with Gasteiger partial charge in [-0.3, -0.25) is 9.69 Å². The Morgan fingerprint density at radius 1 is 1.27 bits per heavy atom. The number of thioether (sulfide) groups is 1. The van der Waals surface area contributed by atoms with Gasteiger partial charge in [0.15, 0.2) is 0 Å². The minimum Gasteiger partial charge on any atom is -0.355 e. The summed E-state index contributed by atoms with van der Waals surface area (Å²) in [7, 11) is 0. The van der Waals surface area contributed by atoms with Crippen molar-refractivity contribution in [2.45, 2.75) is 25.1 Å². The van der Waals surface area contributed by atoms with E-state index in [1.54, 1.807) is 11.3 Å². The molecule has 0 saturated carbocycles. The summed E-state index contributed by atoms with van der Waals surface area (Å²) >= 11 is 3.44. The molecule has 0 spiro atoms. The van der Waals surface area contributed by atoms with Gasteiger partial charge in [-0.2, -0.15) is 16.7 Å². The molecule has 1 atom stereocenters. The molecule has 2 aromatic heterocycles. The molecule has 8 heteroatoms. The van der Waals surface area contributed by atoms with Crippen molar-refractivity contribution in [3.8, 4) is 10.7 Å². The van der Waals surface area contributed by atoms with Gasteiger partial charge in [0.1, 0.15) is 0 Å². The smallest absolute Gasteiger partial charge is 0.241 e. The standard InChI is InChI=1S/C22H26N4O2S2/c27-22(23-10-13-29-16-17-6-2-1-3-7-17)18-8-4-11-26(14-18)15-20-24-21(25-28-20)19-9-5-12-30-19/h1-3,5-7,9,12,18H,4,8,10-11,13-16H2,(H,23,27). The second-order valence-electron chi connectivity index (χ2n) is 7.39. The average Bonchev–Trinajstić information content (AvgIpc) is 3.46. The third-order valence-electron chi connectivity index (χ3n) is 5.10. The van der Waals surface area contributed by atoms with E-state index in [4.69, 9.17) is 4.52 Å². The molecule has 1 aliphatic rings. The van der Waals surface area contributed by atoms with Gasteiger partial charge in [-0.25, -0.2) is 0 Å². The van der Waals surface area contributed by atoms with E-state index in [-0.39, 0.29) is 11.8 Å². The summed E-state index contributed by atoms with van der Waals surface area (Å²) in [5, 5.41) is 9.18. The molecule has 3 aromatic rings. The van der Waals surface area contributed by atoms with E-state index >= 15 is 0 Å². The maximum atomic E-state index is 12.6. The largest absolute Gasteiger partial charge is 0.355 e. The summed E-state index contributed by atoms with van der Waals surface area (Å²) in [6, 6.07) is 14.4. The Labute approximate surface area is 185 Å². The number of amides is 1. The molecular formula is C22H26N4O2S2. The SMILES string of the molecule is O=C(NCCSCc1ccccc1)C1CCCN(Cc2nc(-c3cccs3)no2)C1. The zero-order valence-corrected chi connectivity index (χ0v) is 18.5. The predicted octanol–water partition coefficient (Wildman–Crippen LogP) is 4.06. The molecule has 1 N–H and O–H groups in total.